The molecule has 10 nitrogen and oxygen atoms in total. The summed E-state index contributed by atoms with van der Waals surface area (Å²) < 4.78 is 15.9. The Hall–Kier alpha value is -12.7. The number of furan rings is 2. The van der Waals surface area contributed by atoms with Crippen molar-refractivity contribution in [2.75, 3.05) is 0 Å². The van der Waals surface area contributed by atoms with Gasteiger partial charge >= 0.3 is 0 Å². The molecule has 458 valence electrons. The summed E-state index contributed by atoms with van der Waals surface area (Å²) in [6.07, 6.45) is 0. The topological polar surface area (TPSA) is 129 Å². The summed E-state index contributed by atoms with van der Waals surface area (Å²) in [5, 5.41) is 5.56. The molecule has 0 spiro atoms. The third-order valence-corrected chi connectivity index (χ3v) is 20.3. The van der Waals surface area contributed by atoms with E-state index in [0.717, 1.165) is 158 Å². The molecule has 0 saturated carbocycles. The molecule has 19 aromatic rings. The van der Waals surface area contributed by atoms with Crippen molar-refractivity contribution in [1.29, 1.82) is 0 Å². The number of aromatic nitrogens is 8. The smallest absolute Gasteiger partial charge is 0.164 e. The van der Waals surface area contributed by atoms with Gasteiger partial charge in [-0.3, -0.25) is 0 Å². The van der Waals surface area contributed by atoms with E-state index in [9.17, 15) is 0 Å². The van der Waals surface area contributed by atoms with Gasteiger partial charge in [0, 0.05) is 71.6 Å². The molecule has 98 heavy (non-hydrogen) atoms. The second-order valence-electron chi connectivity index (χ2n) is 24.2. The van der Waals surface area contributed by atoms with Crippen molar-refractivity contribution in [3.63, 3.8) is 0 Å². The van der Waals surface area contributed by atoms with Crippen LogP contribution in [0, 0.1) is 0 Å². The molecule has 13 aromatic carbocycles. The number of hydrogen-bond donors (Lipinski definition) is 0. The van der Waals surface area contributed by atoms with Crippen LogP contribution in [0.2, 0.25) is 0 Å². The Bertz CT molecular complexity index is 6240. The lowest BCUT2D eigenvalue weighted by Crippen LogP contribution is -2.01. The minimum atomic E-state index is 0.519. The number of rotatable bonds is 12. The van der Waals surface area contributed by atoms with Gasteiger partial charge in [-0.2, -0.15) is 0 Å². The molecule has 0 aliphatic rings. The van der Waals surface area contributed by atoms with E-state index in [1.807, 2.05) is 72.8 Å². The van der Waals surface area contributed by atoms with Crippen LogP contribution in [-0.4, -0.2) is 39.9 Å². The summed E-state index contributed by atoms with van der Waals surface area (Å²) in [5.74, 6) is 3.28. The van der Waals surface area contributed by atoms with Gasteiger partial charge in [0.15, 0.2) is 34.9 Å². The lowest BCUT2D eigenvalue weighted by molar-refractivity contribution is 0.669. The van der Waals surface area contributed by atoms with Gasteiger partial charge < -0.3 is 8.83 Å². The Balaban J connectivity index is 0.724. The van der Waals surface area contributed by atoms with Crippen molar-refractivity contribution in [2.24, 2.45) is 0 Å². The van der Waals surface area contributed by atoms with E-state index in [4.69, 9.17) is 48.7 Å². The molecule has 0 amide bonds. The molecular weight excluding hydrogens is 1240 g/mol. The van der Waals surface area contributed by atoms with Gasteiger partial charge in [0.25, 0.3) is 0 Å². The third-order valence-electron chi connectivity index (χ3n) is 18.1. The van der Waals surface area contributed by atoms with E-state index in [-0.39, 0.29) is 0 Å². The predicted molar refractivity (Wildman–Crippen MR) is 399 cm³/mol. The van der Waals surface area contributed by atoms with E-state index in [1.54, 1.807) is 22.7 Å². The van der Waals surface area contributed by atoms with Crippen LogP contribution < -0.4 is 0 Å². The second kappa shape index (κ2) is 23.6. The number of hydrogen-bond acceptors (Lipinski definition) is 12. The Morgan fingerprint density at radius 3 is 1.15 bits per heavy atom. The van der Waals surface area contributed by atoms with Crippen molar-refractivity contribution in [2.45, 2.75) is 0 Å². The summed E-state index contributed by atoms with van der Waals surface area (Å²) >= 11 is 3.36. The highest BCUT2D eigenvalue weighted by Gasteiger charge is 2.24. The molecule has 0 aliphatic carbocycles. The molecule has 6 aromatic heterocycles. The SMILES string of the molecule is c1ccc(-c2ccc(-c3nc(-c4cccc(-c5ccccc5)c4)nc(-c4ccc(-c5ccc(-c6cccc(-c7nc(-c8ccccc8)nc(-c8cccc9oc%10ccc(-c%11nc%12ccccc%12s%11)cc%10c89)n7)c6)cc5)c5oc6ccc(-c7nc8ccccc8s7)cc6c45)n3)cc2)cc1. The maximum Gasteiger partial charge on any atom is 0.164 e. The lowest BCUT2D eigenvalue weighted by Gasteiger charge is -2.12. The molecule has 0 atom stereocenters. The Morgan fingerprint density at radius 1 is 0.214 bits per heavy atom. The third kappa shape index (κ3) is 10.3. The average Bonchev–Trinajstić information content (AvgIpc) is 1.54. The van der Waals surface area contributed by atoms with E-state index in [0.29, 0.717) is 40.5 Å². The van der Waals surface area contributed by atoms with Crippen molar-refractivity contribution in [3.8, 4) is 134 Å². The quantitative estimate of drug-likeness (QED) is 0.117. The van der Waals surface area contributed by atoms with Crippen molar-refractivity contribution >= 4 is 87.0 Å². The minimum Gasteiger partial charge on any atom is -0.456 e. The Labute approximate surface area is 569 Å². The summed E-state index contributed by atoms with van der Waals surface area (Å²) in [6.45, 7) is 0. The van der Waals surface area contributed by atoms with Gasteiger partial charge in [-0.05, 0) is 130 Å². The Kier molecular flexibility index (Phi) is 13.7. The van der Waals surface area contributed by atoms with Crippen LogP contribution in [-0.2, 0) is 0 Å². The number of nitrogens with zero attached hydrogens (tertiary/aromatic N) is 8. The molecular formula is C86H50N8O2S2. The molecule has 19 rings (SSSR count). The van der Waals surface area contributed by atoms with E-state index >= 15 is 0 Å². The highest BCUT2D eigenvalue weighted by atomic mass is 32.1. The summed E-state index contributed by atoms with van der Waals surface area (Å²) in [4.78, 5) is 41.9. The van der Waals surface area contributed by atoms with Crippen LogP contribution in [0.15, 0.2) is 312 Å². The first-order chi connectivity index (χ1) is 48.5. The monoisotopic (exact) mass is 1290 g/mol. The van der Waals surface area contributed by atoms with E-state index < -0.39 is 0 Å². The number of para-hydroxylation sites is 2. The number of thiazole rings is 2. The summed E-state index contributed by atoms with van der Waals surface area (Å²) in [5.41, 5.74) is 20.3. The zero-order chi connectivity index (χ0) is 64.6. The maximum absolute atomic E-state index is 7.12. The van der Waals surface area contributed by atoms with E-state index in [1.165, 1.54) is 0 Å². The highest BCUT2D eigenvalue weighted by Crippen LogP contribution is 2.46. The fourth-order valence-electron chi connectivity index (χ4n) is 13.3. The first-order valence-electron chi connectivity index (χ1n) is 32.3. The van der Waals surface area contributed by atoms with Crippen LogP contribution in [0.25, 0.3) is 198 Å². The molecule has 0 saturated heterocycles. The van der Waals surface area contributed by atoms with E-state index in [2.05, 4.69) is 231 Å². The van der Waals surface area contributed by atoms with Crippen LogP contribution in [0.1, 0.15) is 0 Å². The fourth-order valence-corrected chi connectivity index (χ4v) is 15.2. The van der Waals surface area contributed by atoms with Gasteiger partial charge in [-0.15, -0.1) is 22.7 Å². The van der Waals surface area contributed by atoms with Crippen LogP contribution in [0.4, 0.5) is 0 Å². The Morgan fingerprint density at radius 2 is 0.592 bits per heavy atom. The molecule has 0 N–H and O–H groups in total. The van der Waals surface area contributed by atoms with Gasteiger partial charge in [-0.1, -0.05) is 212 Å². The van der Waals surface area contributed by atoms with Crippen LogP contribution in [0.3, 0.4) is 0 Å². The second-order valence-corrected chi connectivity index (χ2v) is 26.2. The van der Waals surface area contributed by atoms with Gasteiger partial charge in [0.05, 0.1) is 20.4 Å². The maximum atomic E-state index is 7.12. The first kappa shape index (κ1) is 56.8. The van der Waals surface area contributed by atoms with Gasteiger partial charge in [-0.25, -0.2) is 39.9 Å². The largest absolute Gasteiger partial charge is 0.456 e. The summed E-state index contributed by atoms with van der Waals surface area (Å²) in [6, 6.07) is 104. The predicted octanol–water partition coefficient (Wildman–Crippen LogP) is 23.1. The van der Waals surface area contributed by atoms with Crippen molar-refractivity contribution in [1.82, 2.24) is 39.9 Å². The molecule has 0 radical (unpaired) electrons. The zero-order valence-electron chi connectivity index (χ0n) is 52.1. The van der Waals surface area contributed by atoms with Crippen LogP contribution >= 0.6 is 22.7 Å². The molecule has 0 unspecified atom stereocenters. The molecule has 0 fully saturated rings. The zero-order valence-corrected chi connectivity index (χ0v) is 53.7. The molecule has 6 heterocycles. The molecule has 0 aliphatic heterocycles. The standard InChI is InChI=1S/C86H50N8O2S2/c1-4-17-51(18-5-1)53-35-39-57(40-36-53)80-90-82(60-25-14-23-58(47-60)52-19-6-2-7-20-52)94-84(92-80)66-44-43-64(78-77(66)68-50-63(42-46-72(68)96-78)86-88-70-29-11-13-32-75(70)98-86)55-37-33-54(34-38-55)59-24-15-26-61(48-59)81-89-79(56-21-8-3-9-22-56)91-83(93-81)65-27-16-30-73-76(65)67-49-62(41-45-71(67)95-73)85-87-69-28-10-12-31-74(69)97-85/h1-50H. The first-order valence-corrected chi connectivity index (χ1v) is 33.9. The average molecular weight is 1290 g/mol. The lowest BCUT2D eigenvalue weighted by atomic mass is 9.95. The van der Waals surface area contributed by atoms with Gasteiger partial charge in [0.2, 0.25) is 0 Å². The minimum absolute atomic E-state index is 0.519. The van der Waals surface area contributed by atoms with Gasteiger partial charge in [0.1, 0.15) is 32.3 Å². The highest BCUT2D eigenvalue weighted by molar-refractivity contribution is 7.22. The number of benzene rings is 13. The summed E-state index contributed by atoms with van der Waals surface area (Å²) in [7, 11) is 0. The fraction of sp³-hybridized carbons (Fsp3) is 0. The van der Waals surface area contributed by atoms with Crippen molar-refractivity contribution < 1.29 is 8.83 Å². The normalized spacial score (nSPS) is 11.7. The van der Waals surface area contributed by atoms with Crippen molar-refractivity contribution in [3.05, 3.63) is 303 Å². The van der Waals surface area contributed by atoms with Crippen LogP contribution in [0.5, 0.6) is 0 Å². The number of fused-ring (bicyclic) bond motifs is 8. The molecule has 0 bridgehead atoms. The molecule has 12 heteroatoms.